The summed E-state index contributed by atoms with van der Waals surface area (Å²) in [6.07, 6.45) is 5.91. The third-order valence-electron chi connectivity index (χ3n) is 5.20. The van der Waals surface area contributed by atoms with E-state index in [1.54, 1.807) is 6.92 Å². The smallest absolute Gasteiger partial charge is 0.333 e. The number of hydrogen-bond donors (Lipinski definition) is 2. The number of benzene rings is 1. The van der Waals surface area contributed by atoms with Crippen molar-refractivity contribution in [3.63, 3.8) is 0 Å². The zero-order valence-corrected chi connectivity index (χ0v) is 16.8. The Morgan fingerprint density at radius 2 is 2.00 bits per heavy atom. The molecule has 0 amide bonds. The van der Waals surface area contributed by atoms with Crippen molar-refractivity contribution in [2.24, 2.45) is 0 Å². The highest BCUT2D eigenvalue weighted by Gasteiger charge is 2.19. The number of aromatic amines is 1. The Balaban J connectivity index is 1.42. The first-order valence-electron chi connectivity index (χ1n) is 10.0. The normalized spacial score (nSPS) is 12.3. The summed E-state index contributed by atoms with van der Waals surface area (Å²) in [4.78, 5) is 18.9. The molecular formula is C24H24N2O4. The molecule has 0 fully saturated rings. The fourth-order valence-corrected chi connectivity index (χ4v) is 3.80. The van der Waals surface area contributed by atoms with Crippen LogP contribution in [0.15, 0.2) is 61.1 Å². The number of pyridine rings is 2. The molecule has 2 aromatic rings. The van der Waals surface area contributed by atoms with Gasteiger partial charge in [-0.2, -0.15) is 0 Å². The first-order chi connectivity index (χ1) is 14.7. The minimum Gasteiger partial charge on any atom is -0.493 e. The number of fused-ring (bicyclic) bond motifs is 3. The van der Waals surface area contributed by atoms with Gasteiger partial charge in [0.05, 0.1) is 6.61 Å². The van der Waals surface area contributed by atoms with E-state index in [1.807, 2.05) is 55.0 Å². The van der Waals surface area contributed by atoms with Gasteiger partial charge < -0.3 is 19.6 Å². The van der Waals surface area contributed by atoms with E-state index in [4.69, 9.17) is 9.47 Å². The molecule has 1 unspecified atom stereocenters. The number of carboxylic acids is 1. The summed E-state index contributed by atoms with van der Waals surface area (Å²) in [5, 5.41) is 11.6. The van der Waals surface area contributed by atoms with Gasteiger partial charge in [-0.05, 0) is 47.7 Å². The van der Waals surface area contributed by atoms with Crippen LogP contribution in [0.3, 0.4) is 0 Å². The molecule has 1 aliphatic carbocycles. The summed E-state index contributed by atoms with van der Waals surface area (Å²) < 4.78 is 11.2. The highest BCUT2D eigenvalue weighted by molar-refractivity contribution is 6.04. The van der Waals surface area contributed by atoms with Crippen molar-refractivity contribution in [3.8, 4) is 17.0 Å². The first kappa shape index (κ1) is 19.9. The zero-order valence-electron chi connectivity index (χ0n) is 16.8. The highest BCUT2D eigenvalue weighted by Crippen LogP contribution is 2.37. The number of nitrogens with zero attached hydrogens (tertiary/aromatic N) is 1. The number of H-pyrrole nitrogens is 1. The first-order valence-corrected chi connectivity index (χ1v) is 10.0. The van der Waals surface area contributed by atoms with E-state index >= 15 is 0 Å². The van der Waals surface area contributed by atoms with Crippen molar-refractivity contribution in [1.29, 1.82) is 0 Å². The molecule has 6 heteroatoms. The Labute approximate surface area is 174 Å². The molecule has 154 valence electrons. The fourth-order valence-electron chi connectivity index (χ4n) is 3.80. The van der Waals surface area contributed by atoms with Crippen LogP contribution in [0.25, 0.3) is 22.0 Å². The molecule has 1 aromatic heterocycles. The summed E-state index contributed by atoms with van der Waals surface area (Å²) in [6, 6.07) is 13.7. The van der Waals surface area contributed by atoms with Crippen LogP contribution >= 0.6 is 0 Å². The molecule has 1 atom stereocenters. The maximum absolute atomic E-state index is 11.2. The second kappa shape index (κ2) is 8.97. The van der Waals surface area contributed by atoms with Crippen LogP contribution in [-0.2, 0) is 22.4 Å². The third-order valence-corrected chi connectivity index (χ3v) is 5.20. The molecule has 30 heavy (non-hydrogen) atoms. The average molecular weight is 404 g/mol. The summed E-state index contributed by atoms with van der Waals surface area (Å²) in [7, 11) is 0. The van der Waals surface area contributed by atoms with Gasteiger partial charge in [0.1, 0.15) is 5.75 Å². The molecule has 0 saturated carbocycles. The van der Waals surface area contributed by atoms with E-state index in [0.717, 1.165) is 28.8 Å². The van der Waals surface area contributed by atoms with Crippen LogP contribution in [0.1, 0.15) is 18.1 Å². The number of ether oxygens (including phenoxy) is 2. The number of hydrogen-bond acceptors (Lipinski definition) is 4. The summed E-state index contributed by atoms with van der Waals surface area (Å²) in [5.74, 6) is -0.193. The minimum absolute atomic E-state index is 0.331. The highest BCUT2D eigenvalue weighted by atomic mass is 16.5. The number of rotatable bonds is 9. The molecule has 2 N–H and O–H groups in total. The Hall–Kier alpha value is -3.38. The molecule has 0 radical (unpaired) electrons. The largest absolute Gasteiger partial charge is 0.493 e. The van der Waals surface area contributed by atoms with Crippen molar-refractivity contribution < 1.29 is 19.4 Å². The molecule has 6 nitrogen and oxygen atoms in total. The summed E-state index contributed by atoms with van der Waals surface area (Å²) in [6.45, 7) is 2.69. The monoisotopic (exact) mass is 404 g/mol. The lowest BCUT2D eigenvalue weighted by Crippen LogP contribution is -2.26. The lowest BCUT2D eigenvalue weighted by atomic mass is 10.1. The lowest BCUT2D eigenvalue weighted by molar-refractivity contribution is -0.149. The van der Waals surface area contributed by atoms with Crippen molar-refractivity contribution in [2.45, 2.75) is 25.9 Å². The van der Waals surface area contributed by atoms with E-state index in [1.165, 1.54) is 16.5 Å². The third kappa shape index (κ3) is 4.14. The minimum atomic E-state index is -0.947. The number of carboxylic acid groups (broad SMARTS) is 1. The van der Waals surface area contributed by atoms with E-state index in [-0.39, 0.29) is 0 Å². The molecular weight excluding hydrogens is 380 g/mol. The van der Waals surface area contributed by atoms with Gasteiger partial charge in [-0.25, -0.2) is 4.79 Å². The Bertz CT molecular complexity index is 1100. The Morgan fingerprint density at radius 1 is 1.17 bits per heavy atom. The van der Waals surface area contributed by atoms with E-state index in [2.05, 4.69) is 16.0 Å². The number of aliphatic carboxylic acids is 1. The van der Waals surface area contributed by atoms with Crippen LogP contribution in [0.5, 0.6) is 5.75 Å². The van der Waals surface area contributed by atoms with E-state index in [0.29, 0.717) is 19.6 Å². The molecule has 2 heterocycles. The zero-order chi connectivity index (χ0) is 20.9. The van der Waals surface area contributed by atoms with Crippen LogP contribution in [0.4, 0.5) is 0 Å². The number of carbonyl (C=O) groups is 1. The lowest BCUT2D eigenvalue weighted by Gasteiger charge is -2.13. The predicted octanol–water partition coefficient (Wildman–Crippen LogP) is 4.32. The standard InChI is InChI=1S/C24H24N2O4/c1-2-29-22(24(27)28)14-16-5-7-17(8-6-16)30-13-10-20-21-15-25-12-9-18(21)19-4-3-11-26-23(19)20/h3-9,11-12,15,22,26H,2,10,13-14H2,1H3,(H,27,28). The van der Waals surface area contributed by atoms with Crippen molar-refractivity contribution >= 4 is 16.7 Å². The van der Waals surface area contributed by atoms with Gasteiger partial charge in [0, 0.05) is 54.7 Å². The second-order valence-corrected chi connectivity index (χ2v) is 7.09. The van der Waals surface area contributed by atoms with Gasteiger partial charge in [-0.3, -0.25) is 4.98 Å². The molecule has 4 rings (SSSR count). The molecule has 1 aliphatic heterocycles. The molecule has 0 spiro atoms. The Kier molecular flexibility index (Phi) is 5.95. The average Bonchev–Trinajstić information content (AvgIpc) is 3.09. The molecule has 1 aromatic carbocycles. The number of aromatic nitrogens is 2. The Morgan fingerprint density at radius 3 is 2.77 bits per heavy atom. The van der Waals surface area contributed by atoms with Gasteiger partial charge in [0.2, 0.25) is 0 Å². The van der Waals surface area contributed by atoms with Gasteiger partial charge in [0.15, 0.2) is 6.10 Å². The predicted molar refractivity (Wildman–Crippen MR) is 115 cm³/mol. The fraction of sp³-hybridized carbons (Fsp3) is 0.250. The maximum atomic E-state index is 11.2. The van der Waals surface area contributed by atoms with Crippen LogP contribution < -0.4 is 4.74 Å². The topological polar surface area (TPSA) is 84.4 Å². The second-order valence-electron chi connectivity index (χ2n) is 7.09. The molecule has 0 saturated heterocycles. The molecule has 0 bridgehead atoms. The number of nitrogens with one attached hydrogen (secondary N) is 1. The summed E-state index contributed by atoms with van der Waals surface area (Å²) >= 11 is 0. The van der Waals surface area contributed by atoms with Crippen LogP contribution in [0.2, 0.25) is 0 Å². The van der Waals surface area contributed by atoms with Gasteiger partial charge in [-0.1, -0.05) is 18.2 Å². The SMILES string of the molecule is CCOC(Cc1ccc(OCCc2c3[nH]cccc-3c3ccncc23)cc1)C(=O)O. The van der Waals surface area contributed by atoms with Crippen LogP contribution in [-0.4, -0.2) is 40.4 Å². The maximum Gasteiger partial charge on any atom is 0.333 e. The van der Waals surface area contributed by atoms with Crippen molar-refractivity contribution in [2.75, 3.05) is 13.2 Å². The van der Waals surface area contributed by atoms with Crippen molar-refractivity contribution in [3.05, 3.63) is 72.2 Å². The summed E-state index contributed by atoms with van der Waals surface area (Å²) in [5.41, 5.74) is 4.41. The quantitative estimate of drug-likeness (QED) is 0.434. The van der Waals surface area contributed by atoms with Gasteiger partial charge >= 0.3 is 5.97 Å². The van der Waals surface area contributed by atoms with Gasteiger partial charge in [0.25, 0.3) is 0 Å². The van der Waals surface area contributed by atoms with E-state index in [9.17, 15) is 9.90 Å². The van der Waals surface area contributed by atoms with E-state index < -0.39 is 12.1 Å². The van der Waals surface area contributed by atoms with Gasteiger partial charge in [-0.15, -0.1) is 0 Å². The van der Waals surface area contributed by atoms with Crippen molar-refractivity contribution in [1.82, 2.24) is 9.97 Å². The molecule has 2 aliphatic rings. The van der Waals surface area contributed by atoms with Crippen LogP contribution in [0, 0.1) is 0 Å².